The topological polar surface area (TPSA) is 41.1 Å². The largest absolute Gasteiger partial charge is 0.353 e. The van der Waals surface area contributed by atoms with Crippen LogP contribution < -0.4 is 10.6 Å². The van der Waals surface area contributed by atoms with Crippen LogP contribution in [0, 0.1) is 0 Å². The van der Waals surface area contributed by atoms with Crippen LogP contribution in [0.25, 0.3) is 0 Å². The average molecular weight is 170 g/mol. The van der Waals surface area contributed by atoms with Gasteiger partial charge in [0.1, 0.15) is 0 Å². The zero-order valence-electron chi connectivity index (χ0n) is 8.11. The second-order valence-electron chi connectivity index (χ2n) is 2.97. The second kappa shape index (κ2) is 6.85. The maximum atomic E-state index is 11.0. The van der Waals surface area contributed by atoms with E-state index >= 15 is 0 Å². The van der Waals surface area contributed by atoms with E-state index in [-0.39, 0.29) is 5.91 Å². The fraction of sp³-hybridized carbons (Fsp3) is 0.667. The van der Waals surface area contributed by atoms with Gasteiger partial charge in [0.05, 0.1) is 0 Å². The molecular formula is C9H18N2O. The van der Waals surface area contributed by atoms with Gasteiger partial charge in [-0.15, -0.1) is 0 Å². The quantitative estimate of drug-likeness (QED) is 0.470. The normalized spacial score (nSPS) is 9.25. The Morgan fingerprint density at radius 2 is 2.00 bits per heavy atom. The number of allylic oxidation sites excluding steroid dienone is 1. The van der Waals surface area contributed by atoms with Crippen LogP contribution in [0.5, 0.6) is 0 Å². The highest BCUT2D eigenvalue weighted by Gasteiger charge is 1.93. The molecule has 0 bridgehead atoms. The first-order valence-corrected chi connectivity index (χ1v) is 4.24. The number of carbonyl (C=O) groups is 1. The monoisotopic (exact) mass is 170 g/mol. The molecule has 70 valence electrons. The van der Waals surface area contributed by atoms with E-state index in [9.17, 15) is 4.79 Å². The molecule has 0 aliphatic rings. The Morgan fingerprint density at radius 3 is 2.50 bits per heavy atom. The van der Waals surface area contributed by atoms with E-state index in [0.717, 1.165) is 25.1 Å². The van der Waals surface area contributed by atoms with Gasteiger partial charge in [0.25, 0.3) is 0 Å². The molecular weight excluding hydrogens is 152 g/mol. The highest BCUT2D eigenvalue weighted by atomic mass is 16.1. The SMILES string of the molecule is CNCCCNC(=O)C=C(C)C. The smallest absolute Gasteiger partial charge is 0.243 e. The lowest BCUT2D eigenvalue weighted by atomic mass is 10.3. The summed E-state index contributed by atoms with van der Waals surface area (Å²) >= 11 is 0. The molecule has 0 atom stereocenters. The Kier molecular flexibility index (Phi) is 6.38. The minimum Gasteiger partial charge on any atom is -0.353 e. The summed E-state index contributed by atoms with van der Waals surface area (Å²) in [5, 5.41) is 5.81. The lowest BCUT2D eigenvalue weighted by Crippen LogP contribution is -2.24. The molecule has 0 spiro atoms. The molecule has 0 radical (unpaired) electrons. The molecule has 0 saturated carbocycles. The summed E-state index contributed by atoms with van der Waals surface area (Å²) in [5.41, 5.74) is 1.03. The zero-order chi connectivity index (χ0) is 9.40. The lowest BCUT2D eigenvalue weighted by Gasteiger charge is -2.01. The first-order valence-electron chi connectivity index (χ1n) is 4.24. The van der Waals surface area contributed by atoms with E-state index in [1.165, 1.54) is 0 Å². The molecule has 0 aromatic rings. The van der Waals surface area contributed by atoms with Gasteiger partial charge in [-0.05, 0) is 33.9 Å². The maximum Gasteiger partial charge on any atom is 0.243 e. The van der Waals surface area contributed by atoms with Crippen LogP contribution in [0.3, 0.4) is 0 Å². The Morgan fingerprint density at radius 1 is 1.33 bits per heavy atom. The third-order valence-electron chi connectivity index (χ3n) is 1.32. The number of carbonyl (C=O) groups excluding carboxylic acids is 1. The van der Waals surface area contributed by atoms with Gasteiger partial charge >= 0.3 is 0 Å². The van der Waals surface area contributed by atoms with Crippen molar-refractivity contribution in [3.63, 3.8) is 0 Å². The van der Waals surface area contributed by atoms with Gasteiger partial charge in [0.2, 0.25) is 5.91 Å². The van der Waals surface area contributed by atoms with Crippen LogP contribution in [0.15, 0.2) is 11.6 Å². The van der Waals surface area contributed by atoms with E-state index in [1.54, 1.807) is 6.08 Å². The molecule has 12 heavy (non-hydrogen) atoms. The minimum absolute atomic E-state index is 0.00565. The molecule has 3 nitrogen and oxygen atoms in total. The first-order chi connectivity index (χ1) is 5.66. The maximum absolute atomic E-state index is 11.0. The summed E-state index contributed by atoms with van der Waals surface area (Å²) in [6.45, 7) is 5.50. The fourth-order valence-corrected chi connectivity index (χ4v) is 0.790. The summed E-state index contributed by atoms with van der Waals surface area (Å²) < 4.78 is 0. The van der Waals surface area contributed by atoms with Gasteiger partial charge in [0.15, 0.2) is 0 Å². The highest BCUT2D eigenvalue weighted by molar-refractivity contribution is 5.87. The van der Waals surface area contributed by atoms with Crippen molar-refractivity contribution >= 4 is 5.91 Å². The molecule has 3 heteroatoms. The molecule has 2 N–H and O–H groups in total. The third-order valence-corrected chi connectivity index (χ3v) is 1.32. The summed E-state index contributed by atoms with van der Waals surface area (Å²) in [7, 11) is 1.90. The van der Waals surface area contributed by atoms with E-state index < -0.39 is 0 Å². The van der Waals surface area contributed by atoms with Gasteiger partial charge in [-0.25, -0.2) is 0 Å². The summed E-state index contributed by atoms with van der Waals surface area (Å²) in [6.07, 6.45) is 2.58. The number of amides is 1. The van der Waals surface area contributed by atoms with Crippen LogP contribution in [0.1, 0.15) is 20.3 Å². The van der Waals surface area contributed by atoms with Crippen molar-refractivity contribution in [2.45, 2.75) is 20.3 Å². The van der Waals surface area contributed by atoms with Crippen molar-refractivity contribution in [3.05, 3.63) is 11.6 Å². The van der Waals surface area contributed by atoms with Gasteiger partial charge in [0, 0.05) is 12.6 Å². The average Bonchev–Trinajstić information content (AvgIpc) is 1.97. The van der Waals surface area contributed by atoms with Crippen molar-refractivity contribution < 1.29 is 4.79 Å². The second-order valence-corrected chi connectivity index (χ2v) is 2.97. The van der Waals surface area contributed by atoms with Crippen LogP contribution in [-0.4, -0.2) is 26.0 Å². The van der Waals surface area contributed by atoms with Crippen LogP contribution in [-0.2, 0) is 4.79 Å². The summed E-state index contributed by atoms with van der Waals surface area (Å²) in [4.78, 5) is 11.0. The predicted molar refractivity (Wildman–Crippen MR) is 51.0 cm³/mol. The van der Waals surface area contributed by atoms with E-state index in [2.05, 4.69) is 10.6 Å². The number of hydrogen-bond acceptors (Lipinski definition) is 2. The Labute approximate surface area is 74.2 Å². The predicted octanol–water partition coefficient (Wildman–Crippen LogP) is 0.678. The molecule has 0 aliphatic heterocycles. The standard InChI is InChI=1S/C9H18N2O/c1-8(2)7-9(12)11-6-4-5-10-3/h7,10H,4-6H2,1-3H3,(H,11,12). The Hall–Kier alpha value is -0.830. The van der Waals surface area contributed by atoms with E-state index in [1.807, 2.05) is 20.9 Å². The number of hydrogen-bond donors (Lipinski definition) is 2. The molecule has 0 unspecified atom stereocenters. The molecule has 0 aliphatic carbocycles. The molecule has 1 amide bonds. The molecule has 0 rings (SSSR count). The van der Waals surface area contributed by atoms with Gasteiger partial charge < -0.3 is 10.6 Å². The van der Waals surface area contributed by atoms with Gasteiger partial charge in [-0.1, -0.05) is 5.57 Å². The molecule has 0 saturated heterocycles. The summed E-state index contributed by atoms with van der Waals surface area (Å²) in [6, 6.07) is 0. The van der Waals surface area contributed by atoms with Gasteiger partial charge in [-0.2, -0.15) is 0 Å². The first kappa shape index (κ1) is 11.2. The van der Waals surface area contributed by atoms with Crippen molar-refractivity contribution in [3.8, 4) is 0 Å². The van der Waals surface area contributed by atoms with Crippen LogP contribution in [0.4, 0.5) is 0 Å². The molecule has 0 aromatic heterocycles. The molecule has 0 fully saturated rings. The van der Waals surface area contributed by atoms with Crippen molar-refractivity contribution in [1.29, 1.82) is 0 Å². The lowest BCUT2D eigenvalue weighted by molar-refractivity contribution is -0.116. The Balaban J connectivity index is 3.39. The molecule has 0 heterocycles. The van der Waals surface area contributed by atoms with E-state index in [4.69, 9.17) is 0 Å². The van der Waals surface area contributed by atoms with E-state index in [0.29, 0.717) is 0 Å². The highest BCUT2D eigenvalue weighted by Crippen LogP contribution is 1.86. The minimum atomic E-state index is 0.00565. The zero-order valence-corrected chi connectivity index (χ0v) is 8.11. The Bertz CT molecular complexity index is 160. The van der Waals surface area contributed by atoms with Crippen LogP contribution in [0.2, 0.25) is 0 Å². The number of nitrogens with one attached hydrogen (secondary N) is 2. The van der Waals surface area contributed by atoms with Crippen molar-refractivity contribution in [1.82, 2.24) is 10.6 Å². The third kappa shape index (κ3) is 7.28. The fourth-order valence-electron chi connectivity index (χ4n) is 0.790. The summed E-state index contributed by atoms with van der Waals surface area (Å²) in [5.74, 6) is 0.00565. The van der Waals surface area contributed by atoms with Crippen molar-refractivity contribution in [2.75, 3.05) is 20.1 Å². The van der Waals surface area contributed by atoms with Crippen LogP contribution >= 0.6 is 0 Å². The molecule has 0 aromatic carbocycles. The van der Waals surface area contributed by atoms with Crippen molar-refractivity contribution in [2.24, 2.45) is 0 Å². The number of rotatable bonds is 5. The van der Waals surface area contributed by atoms with Gasteiger partial charge in [-0.3, -0.25) is 4.79 Å².